The first-order valence-electron chi connectivity index (χ1n) is 10.6. The number of rotatable bonds is 8. The summed E-state index contributed by atoms with van der Waals surface area (Å²) in [6.07, 6.45) is -0.768. The number of benzene rings is 2. The minimum Gasteiger partial charge on any atom is -0.480 e. The van der Waals surface area contributed by atoms with E-state index in [0.29, 0.717) is 11.3 Å². The van der Waals surface area contributed by atoms with E-state index in [9.17, 15) is 27.6 Å². The van der Waals surface area contributed by atoms with Gasteiger partial charge in [-0.25, -0.2) is 0 Å². The zero-order chi connectivity index (χ0) is 27.2. The Morgan fingerprint density at radius 2 is 1.81 bits per heavy atom. The van der Waals surface area contributed by atoms with Gasteiger partial charge in [0.2, 0.25) is 5.91 Å². The second kappa shape index (κ2) is 11.6. The van der Waals surface area contributed by atoms with Gasteiger partial charge < -0.3 is 20.5 Å². The number of aliphatic carboxylic acids is 1. The largest absolute Gasteiger partial charge is 0.480 e. The van der Waals surface area contributed by atoms with Gasteiger partial charge in [-0.15, -0.1) is 0 Å². The van der Waals surface area contributed by atoms with Crippen LogP contribution in [0.15, 0.2) is 66.9 Å². The first-order valence-corrected chi connectivity index (χ1v) is 10.9. The van der Waals surface area contributed by atoms with E-state index in [-0.39, 0.29) is 17.1 Å². The molecule has 0 saturated carbocycles. The average Bonchev–Trinajstić information content (AvgIpc) is 2.83. The molecule has 0 fully saturated rings. The average molecular weight is 534 g/mol. The number of amides is 2. The van der Waals surface area contributed by atoms with E-state index in [4.69, 9.17) is 21.4 Å². The van der Waals surface area contributed by atoms with Gasteiger partial charge in [-0.05, 0) is 55.0 Å². The molecule has 0 bridgehead atoms. The Hall–Kier alpha value is -4.38. The predicted molar refractivity (Wildman–Crippen MR) is 129 cm³/mol. The lowest BCUT2D eigenvalue weighted by Gasteiger charge is -2.11. The molecule has 0 radical (unpaired) electrons. The number of anilines is 1. The first kappa shape index (κ1) is 27.2. The molecule has 1 heterocycles. The van der Waals surface area contributed by atoms with Crippen molar-refractivity contribution in [1.82, 2.24) is 10.3 Å². The van der Waals surface area contributed by atoms with Crippen molar-refractivity contribution < 1.29 is 37.4 Å². The molecule has 0 aliphatic rings. The van der Waals surface area contributed by atoms with Gasteiger partial charge in [0, 0.05) is 24.0 Å². The van der Waals surface area contributed by atoms with Crippen LogP contribution in [0, 0.1) is 0 Å². The number of ether oxygens (including phenoxy) is 1. The maximum atomic E-state index is 13.0. The molecule has 0 aliphatic carbocycles. The summed E-state index contributed by atoms with van der Waals surface area (Å²) >= 11 is 5.58. The maximum absolute atomic E-state index is 13.0. The second-order valence-corrected chi connectivity index (χ2v) is 8.01. The molecule has 3 aromatic rings. The number of hydrogen-bond donors (Lipinski definition) is 3. The van der Waals surface area contributed by atoms with Crippen LogP contribution in [0.25, 0.3) is 6.08 Å². The molecule has 192 valence electrons. The van der Waals surface area contributed by atoms with E-state index in [1.54, 1.807) is 24.3 Å². The van der Waals surface area contributed by atoms with Crippen molar-refractivity contribution in [2.45, 2.75) is 19.1 Å². The maximum Gasteiger partial charge on any atom is 0.417 e. The van der Waals surface area contributed by atoms with Gasteiger partial charge in [0.15, 0.2) is 0 Å². The number of carboxylic acid groups (broad SMARTS) is 1. The van der Waals surface area contributed by atoms with Gasteiger partial charge in [0.1, 0.15) is 23.2 Å². The zero-order valence-electron chi connectivity index (χ0n) is 19.0. The van der Waals surface area contributed by atoms with Crippen LogP contribution in [0.4, 0.5) is 18.9 Å². The lowest BCUT2D eigenvalue weighted by molar-refractivity contribution is -0.139. The van der Waals surface area contributed by atoms with E-state index < -0.39 is 40.6 Å². The number of aromatic nitrogens is 1. The summed E-state index contributed by atoms with van der Waals surface area (Å²) in [6.45, 7) is 1.31. The fraction of sp³-hybridized carbons (Fsp3) is 0.120. The van der Waals surface area contributed by atoms with Crippen LogP contribution in [0.3, 0.4) is 0 Å². The number of carbonyl (C=O) groups excluding carboxylic acids is 2. The van der Waals surface area contributed by atoms with Gasteiger partial charge in [0.05, 0.1) is 10.6 Å². The number of hydrogen-bond acceptors (Lipinski definition) is 5. The summed E-state index contributed by atoms with van der Waals surface area (Å²) in [7, 11) is 0. The highest BCUT2D eigenvalue weighted by Gasteiger charge is 2.33. The van der Waals surface area contributed by atoms with Crippen molar-refractivity contribution in [3.63, 3.8) is 0 Å². The van der Waals surface area contributed by atoms with Gasteiger partial charge in [-0.1, -0.05) is 23.7 Å². The number of alkyl halides is 3. The summed E-state index contributed by atoms with van der Waals surface area (Å²) in [5.74, 6) is -1.94. The topological polar surface area (TPSA) is 118 Å². The molecule has 0 aliphatic heterocycles. The van der Waals surface area contributed by atoms with Crippen LogP contribution in [0.5, 0.6) is 11.5 Å². The molecule has 1 atom stereocenters. The molecule has 0 spiro atoms. The molecule has 2 aromatic carbocycles. The van der Waals surface area contributed by atoms with Crippen LogP contribution >= 0.6 is 11.6 Å². The Morgan fingerprint density at radius 3 is 2.51 bits per heavy atom. The van der Waals surface area contributed by atoms with Crippen LogP contribution in [0.2, 0.25) is 5.02 Å². The van der Waals surface area contributed by atoms with Crippen molar-refractivity contribution in [3.8, 4) is 11.5 Å². The Balaban J connectivity index is 1.67. The quantitative estimate of drug-likeness (QED) is 0.334. The Morgan fingerprint density at radius 1 is 1.08 bits per heavy atom. The lowest BCUT2D eigenvalue weighted by Crippen LogP contribution is -2.38. The zero-order valence-corrected chi connectivity index (χ0v) is 19.8. The minimum absolute atomic E-state index is 0.0470. The normalized spacial score (nSPS) is 12.1. The number of halogens is 4. The third kappa shape index (κ3) is 7.80. The van der Waals surface area contributed by atoms with Crippen LogP contribution < -0.4 is 15.4 Å². The molecule has 1 aromatic heterocycles. The lowest BCUT2D eigenvalue weighted by atomic mass is 10.2. The molecule has 37 heavy (non-hydrogen) atoms. The molecular weight excluding hydrogens is 515 g/mol. The highest BCUT2D eigenvalue weighted by molar-refractivity contribution is 6.31. The smallest absolute Gasteiger partial charge is 0.417 e. The van der Waals surface area contributed by atoms with Crippen molar-refractivity contribution in [1.29, 1.82) is 0 Å². The van der Waals surface area contributed by atoms with Gasteiger partial charge in [-0.3, -0.25) is 19.4 Å². The monoisotopic (exact) mass is 533 g/mol. The fourth-order valence-corrected chi connectivity index (χ4v) is 3.15. The van der Waals surface area contributed by atoms with Gasteiger partial charge in [0.25, 0.3) is 5.91 Å². The Labute approximate surface area is 213 Å². The van der Waals surface area contributed by atoms with Crippen molar-refractivity contribution in [3.05, 3.63) is 88.7 Å². The standard InChI is InChI=1S/C25H19ClF3N3O5/c1-14(24(35)36)31-23(34)21-13-18(9-10-30-21)37-17-4-2-3-15(11-17)5-8-22(33)32-16-6-7-20(26)19(12-16)25(27,28)29/h2-14H,1H3,(H,31,34)(H,32,33)(H,35,36). The summed E-state index contributed by atoms with van der Waals surface area (Å²) in [6, 6.07) is 11.3. The van der Waals surface area contributed by atoms with Crippen molar-refractivity contribution >= 4 is 41.1 Å². The first-order chi connectivity index (χ1) is 17.4. The van der Waals surface area contributed by atoms with E-state index in [1.807, 2.05) is 0 Å². The number of nitrogens with one attached hydrogen (secondary N) is 2. The number of pyridine rings is 1. The molecule has 0 saturated heterocycles. The number of carboxylic acids is 1. The van der Waals surface area contributed by atoms with Gasteiger partial charge >= 0.3 is 12.1 Å². The highest BCUT2D eigenvalue weighted by atomic mass is 35.5. The fourth-order valence-electron chi connectivity index (χ4n) is 2.93. The minimum atomic E-state index is -4.66. The van der Waals surface area contributed by atoms with E-state index >= 15 is 0 Å². The molecular formula is C25H19ClF3N3O5. The van der Waals surface area contributed by atoms with Gasteiger partial charge in [-0.2, -0.15) is 13.2 Å². The molecule has 3 rings (SSSR count). The Kier molecular flexibility index (Phi) is 8.51. The van der Waals surface area contributed by atoms with Crippen LogP contribution in [-0.4, -0.2) is 33.9 Å². The van der Waals surface area contributed by atoms with E-state index in [0.717, 1.165) is 18.2 Å². The van der Waals surface area contributed by atoms with E-state index in [1.165, 1.54) is 37.4 Å². The molecule has 1 unspecified atom stereocenters. The molecule has 2 amide bonds. The SMILES string of the molecule is CC(NC(=O)c1cc(Oc2cccc(C=CC(=O)Nc3ccc(Cl)c(C(F)(F)F)c3)c2)ccn1)C(=O)O. The van der Waals surface area contributed by atoms with Crippen molar-refractivity contribution in [2.24, 2.45) is 0 Å². The number of carbonyl (C=O) groups is 3. The summed E-state index contributed by atoms with van der Waals surface area (Å²) < 4.78 is 44.7. The van der Waals surface area contributed by atoms with Crippen molar-refractivity contribution in [2.75, 3.05) is 5.32 Å². The van der Waals surface area contributed by atoms with E-state index in [2.05, 4.69) is 15.6 Å². The Bertz CT molecular complexity index is 1360. The summed E-state index contributed by atoms with van der Waals surface area (Å²) in [4.78, 5) is 39.2. The highest BCUT2D eigenvalue weighted by Crippen LogP contribution is 2.36. The number of nitrogens with zero attached hydrogens (tertiary/aromatic N) is 1. The van der Waals surface area contributed by atoms with Crippen LogP contribution in [-0.2, 0) is 15.8 Å². The molecule has 8 nitrogen and oxygen atoms in total. The summed E-state index contributed by atoms with van der Waals surface area (Å²) in [5.41, 5.74) is -0.635. The van der Waals surface area contributed by atoms with Crippen LogP contribution in [0.1, 0.15) is 28.5 Å². The molecule has 12 heteroatoms. The third-order valence-electron chi connectivity index (χ3n) is 4.74. The predicted octanol–water partition coefficient (Wildman–Crippen LogP) is 5.40. The summed E-state index contributed by atoms with van der Waals surface area (Å²) in [5, 5.41) is 13.1. The second-order valence-electron chi connectivity index (χ2n) is 7.60. The molecule has 3 N–H and O–H groups in total. The third-order valence-corrected chi connectivity index (χ3v) is 5.07.